The fraction of sp³-hybridized carbons (Fsp3) is 0.286. The molecule has 2 aromatic carbocycles. The Labute approximate surface area is 156 Å². The zero-order valence-electron chi connectivity index (χ0n) is 15.6. The van der Waals surface area contributed by atoms with Crippen molar-refractivity contribution in [1.29, 1.82) is 0 Å². The van der Waals surface area contributed by atoms with Gasteiger partial charge in [-0.25, -0.2) is 4.79 Å². The molecule has 0 amide bonds. The fourth-order valence-corrected chi connectivity index (χ4v) is 3.34. The van der Waals surface area contributed by atoms with Gasteiger partial charge < -0.3 is 9.15 Å². The quantitative estimate of drug-likeness (QED) is 0.493. The molecule has 0 aliphatic carbocycles. The number of fused-ring (bicyclic) bond motifs is 1. The summed E-state index contributed by atoms with van der Waals surface area (Å²) in [7, 11) is 0. The maximum atomic E-state index is 12.4. The van der Waals surface area contributed by atoms with E-state index in [1.165, 1.54) is 4.57 Å². The zero-order valence-corrected chi connectivity index (χ0v) is 15.6. The zero-order chi connectivity index (χ0) is 19.6. The van der Waals surface area contributed by atoms with Crippen molar-refractivity contribution in [3.8, 4) is 0 Å². The molecule has 3 aromatic rings. The van der Waals surface area contributed by atoms with Crippen LogP contribution >= 0.6 is 0 Å². The van der Waals surface area contributed by atoms with Gasteiger partial charge in [0.2, 0.25) is 5.78 Å². The first kappa shape index (κ1) is 18.6. The van der Waals surface area contributed by atoms with Crippen LogP contribution < -0.4 is 5.76 Å². The van der Waals surface area contributed by atoms with Crippen LogP contribution in [0.4, 0.5) is 0 Å². The van der Waals surface area contributed by atoms with Gasteiger partial charge in [-0.3, -0.25) is 14.2 Å². The van der Waals surface area contributed by atoms with E-state index in [1.54, 1.807) is 24.3 Å². The number of hydrogen-bond donors (Lipinski definition) is 0. The first-order valence-electron chi connectivity index (χ1n) is 8.72. The Kier molecular flexibility index (Phi) is 5.26. The van der Waals surface area contributed by atoms with E-state index in [4.69, 9.17) is 9.15 Å². The number of hydrogen-bond acceptors (Lipinski definition) is 5. The fourth-order valence-electron chi connectivity index (χ4n) is 3.34. The average molecular weight is 367 g/mol. The van der Waals surface area contributed by atoms with Gasteiger partial charge in [0, 0.05) is 12.1 Å². The van der Waals surface area contributed by atoms with Crippen molar-refractivity contribution >= 4 is 22.9 Å². The highest BCUT2D eigenvalue weighted by molar-refractivity contribution is 6.00. The molecule has 6 nitrogen and oxygen atoms in total. The summed E-state index contributed by atoms with van der Waals surface area (Å²) < 4.78 is 11.6. The van der Waals surface area contributed by atoms with Gasteiger partial charge in [0.05, 0.1) is 11.9 Å². The summed E-state index contributed by atoms with van der Waals surface area (Å²) in [6.07, 6.45) is -0.0252. The lowest BCUT2D eigenvalue weighted by atomic mass is 9.97. The standard InChI is InChI=1S/C21H21NO5/c1-13-10-14(2)20(15(3)11-13)17(23)12-26-19(24)8-9-22-16-6-4-5-7-18(16)27-21(22)25/h4-7,10-11H,8-9,12H2,1-3H3. The molecule has 3 rings (SSSR count). The van der Waals surface area contributed by atoms with Crippen LogP contribution in [0.2, 0.25) is 0 Å². The number of nitrogens with zero attached hydrogens (tertiary/aromatic N) is 1. The van der Waals surface area contributed by atoms with E-state index in [9.17, 15) is 14.4 Å². The van der Waals surface area contributed by atoms with Crippen molar-refractivity contribution in [2.24, 2.45) is 0 Å². The summed E-state index contributed by atoms with van der Waals surface area (Å²) in [6, 6.07) is 10.9. The highest BCUT2D eigenvalue weighted by atomic mass is 16.5. The third-order valence-electron chi connectivity index (χ3n) is 4.43. The van der Waals surface area contributed by atoms with Crippen molar-refractivity contribution in [2.75, 3.05) is 6.61 Å². The number of benzene rings is 2. The van der Waals surface area contributed by atoms with Crippen molar-refractivity contribution < 1.29 is 18.7 Å². The summed E-state index contributed by atoms with van der Waals surface area (Å²) >= 11 is 0. The van der Waals surface area contributed by atoms with Gasteiger partial charge in [-0.1, -0.05) is 29.8 Å². The topological polar surface area (TPSA) is 78.5 Å². The van der Waals surface area contributed by atoms with Crippen molar-refractivity contribution in [1.82, 2.24) is 4.57 Å². The number of Topliss-reactive ketones (excluding diaryl/α,β-unsaturated/α-hetero) is 1. The van der Waals surface area contributed by atoms with Crippen molar-refractivity contribution in [3.05, 3.63) is 69.2 Å². The van der Waals surface area contributed by atoms with Crippen LogP contribution in [0.1, 0.15) is 33.5 Å². The number of aromatic nitrogens is 1. The van der Waals surface area contributed by atoms with E-state index in [-0.39, 0.29) is 25.4 Å². The Morgan fingerprint density at radius 1 is 1.07 bits per heavy atom. The molecule has 0 aliphatic heterocycles. The molecule has 0 N–H and O–H groups in total. The Morgan fingerprint density at radius 3 is 2.44 bits per heavy atom. The van der Waals surface area contributed by atoms with Gasteiger partial charge >= 0.3 is 11.7 Å². The molecule has 0 saturated heterocycles. The minimum Gasteiger partial charge on any atom is -0.457 e. The van der Waals surface area contributed by atoms with Crippen LogP contribution in [0.5, 0.6) is 0 Å². The number of ether oxygens (including phenoxy) is 1. The van der Waals surface area contributed by atoms with E-state index in [0.717, 1.165) is 16.7 Å². The van der Waals surface area contributed by atoms with Crippen LogP contribution in [-0.2, 0) is 16.1 Å². The van der Waals surface area contributed by atoms with Crippen LogP contribution in [0.15, 0.2) is 45.6 Å². The largest absolute Gasteiger partial charge is 0.457 e. The molecule has 0 spiro atoms. The highest BCUT2D eigenvalue weighted by Crippen LogP contribution is 2.17. The number of aryl methyl sites for hydroxylation is 4. The van der Waals surface area contributed by atoms with Crippen molar-refractivity contribution in [3.63, 3.8) is 0 Å². The second-order valence-electron chi connectivity index (χ2n) is 6.59. The molecule has 1 aromatic heterocycles. The van der Waals surface area contributed by atoms with E-state index in [1.807, 2.05) is 32.9 Å². The Balaban J connectivity index is 1.61. The van der Waals surface area contributed by atoms with Crippen molar-refractivity contribution in [2.45, 2.75) is 33.7 Å². The molecule has 0 radical (unpaired) electrons. The number of oxazole rings is 1. The van der Waals surface area contributed by atoms with Gasteiger partial charge in [0.1, 0.15) is 0 Å². The molecule has 1 heterocycles. The predicted molar refractivity (Wildman–Crippen MR) is 101 cm³/mol. The summed E-state index contributed by atoms with van der Waals surface area (Å²) in [4.78, 5) is 36.3. The first-order valence-corrected chi connectivity index (χ1v) is 8.72. The third-order valence-corrected chi connectivity index (χ3v) is 4.43. The molecule has 0 bridgehead atoms. The molecule has 0 saturated carbocycles. The van der Waals surface area contributed by atoms with Crippen LogP contribution in [-0.4, -0.2) is 22.9 Å². The Hall–Kier alpha value is -3.15. The lowest BCUT2D eigenvalue weighted by Gasteiger charge is -2.11. The van der Waals surface area contributed by atoms with Crippen LogP contribution in [0.3, 0.4) is 0 Å². The monoisotopic (exact) mass is 367 g/mol. The number of carbonyl (C=O) groups excluding carboxylic acids is 2. The predicted octanol–water partition coefficient (Wildman–Crippen LogP) is 3.34. The second kappa shape index (κ2) is 7.61. The lowest BCUT2D eigenvalue weighted by molar-refractivity contribution is -0.142. The average Bonchev–Trinajstić information content (AvgIpc) is 2.92. The number of para-hydroxylation sites is 2. The molecular formula is C21H21NO5. The van der Waals surface area contributed by atoms with E-state index in [2.05, 4.69) is 0 Å². The molecule has 0 aliphatic rings. The summed E-state index contributed by atoms with van der Waals surface area (Å²) in [6.45, 7) is 5.52. The normalized spacial score (nSPS) is 10.9. The minimum atomic E-state index is -0.539. The van der Waals surface area contributed by atoms with Gasteiger partial charge in [-0.15, -0.1) is 0 Å². The molecule has 6 heteroatoms. The number of ketones is 1. The van der Waals surface area contributed by atoms with Gasteiger partial charge in [-0.2, -0.15) is 0 Å². The molecule has 0 fully saturated rings. The van der Waals surface area contributed by atoms with Crippen LogP contribution in [0, 0.1) is 20.8 Å². The number of carbonyl (C=O) groups is 2. The smallest absolute Gasteiger partial charge is 0.419 e. The highest BCUT2D eigenvalue weighted by Gasteiger charge is 2.16. The number of esters is 1. The van der Waals surface area contributed by atoms with Crippen LogP contribution in [0.25, 0.3) is 11.1 Å². The molecule has 0 unspecified atom stereocenters. The second-order valence-corrected chi connectivity index (χ2v) is 6.59. The van der Waals surface area contributed by atoms with E-state index >= 15 is 0 Å². The molecule has 27 heavy (non-hydrogen) atoms. The Morgan fingerprint density at radius 2 is 1.74 bits per heavy atom. The molecule has 0 atom stereocenters. The lowest BCUT2D eigenvalue weighted by Crippen LogP contribution is -2.20. The Bertz CT molecular complexity index is 1050. The first-order chi connectivity index (χ1) is 12.9. The van der Waals surface area contributed by atoms with E-state index in [0.29, 0.717) is 16.7 Å². The number of rotatable bonds is 6. The molecular weight excluding hydrogens is 346 g/mol. The third kappa shape index (κ3) is 4.00. The maximum Gasteiger partial charge on any atom is 0.419 e. The minimum absolute atomic E-state index is 0.0252. The maximum absolute atomic E-state index is 12.4. The van der Waals surface area contributed by atoms with E-state index < -0.39 is 11.7 Å². The van der Waals surface area contributed by atoms with Gasteiger partial charge in [0.15, 0.2) is 12.2 Å². The SMILES string of the molecule is Cc1cc(C)c(C(=O)COC(=O)CCn2c(=O)oc3ccccc32)c(C)c1. The summed E-state index contributed by atoms with van der Waals surface area (Å²) in [5, 5.41) is 0. The summed E-state index contributed by atoms with van der Waals surface area (Å²) in [5.41, 5.74) is 4.49. The van der Waals surface area contributed by atoms with Gasteiger partial charge in [-0.05, 0) is 44.0 Å². The summed E-state index contributed by atoms with van der Waals surface area (Å²) in [5.74, 6) is -1.29. The molecule has 140 valence electrons. The van der Waals surface area contributed by atoms with Gasteiger partial charge in [0.25, 0.3) is 0 Å².